The SMILES string of the molecule is O=c1nc(/C=C/c2ccc(O)cc2)oc2ccccc12. The van der Waals surface area contributed by atoms with Crippen molar-refractivity contribution >= 4 is 23.1 Å². The van der Waals surface area contributed by atoms with Crippen LogP contribution in [0.4, 0.5) is 0 Å². The summed E-state index contributed by atoms with van der Waals surface area (Å²) in [4.78, 5) is 15.7. The Morgan fingerprint density at radius 2 is 1.75 bits per heavy atom. The van der Waals surface area contributed by atoms with E-state index in [0.717, 1.165) is 5.56 Å². The Labute approximate surface area is 114 Å². The molecule has 4 nitrogen and oxygen atoms in total. The Hall–Kier alpha value is -2.88. The minimum atomic E-state index is -0.308. The van der Waals surface area contributed by atoms with Crippen LogP contribution < -0.4 is 5.56 Å². The van der Waals surface area contributed by atoms with Crippen LogP contribution in [0.3, 0.4) is 0 Å². The number of hydrogen-bond donors (Lipinski definition) is 1. The molecule has 1 N–H and O–H groups in total. The molecule has 0 unspecified atom stereocenters. The van der Waals surface area contributed by atoms with Gasteiger partial charge in [-0.25, -0.2) is 0 Å². The molecule has 0 saturated carbocycles. The standard InChI is InChI=1S/C16H11NO3/c18-12-8-5-11(6-9-12)7-10-15-17-16(19)13-3-1-2-4-14(13)20-15/h1-10,18H/b10-7+. The second kappa shape index (κ2) is 5.01. The van der Waals surface area contributed by atoms with E-state index in [9.17, 15) is 9.90 Å². The number of rotatable bonds is 2. The molecule has 0 saturated heterocycles. The van der Waals surface area contributed by atoms with E-state index in [0.29, 0.717) is 11.0 Å². The highest BCUT2D eigenvalue weighted by atomic mass is 16.3. The molecule has 2 aromatic carbocycles. The topological polar surface area (TPSA) is 63.3 Å². The van der Waals surface area contributed by atoms with Crippen molar-refractivity contribution in [3.05, 3.63) is 70.3 Å². The largest absolute Gasteiger partial charge is 0.508 e. The molecule has 0 bridgehead atoms. The third-order valence-electron chi connectivity index (χ3n) is 2.86. The first-order chi connectivity index (χ1) is 9.72. The summed E-state index contributed by atoms with van der Waals surface area (Å²) in [5.74, 6) is 0.458. The number of fused-ring (bicyclic) bond motifs is 1. The van der Waals surface area contributed by atoms with E-state index in [1.165, 1.54) is 0 Å². The van der Waals surface area contributed by atoms with Crippen LogP contribution in [-0.4, -0.2) is 10.1 Å². The quantitative estimate of drug-likeness (QED) is 0.773. The van der Waals surface area contributed by atoms with E-state index in [1.807, 2.05) is 0 Å². The lowest BCUT2D eigenvalue weighted by Gasteiger charge is -1.97. The summed E-state index contributed by atoms with van der Waals surface area (Å²) in [5, 5.41) is 9.67. The summed E-state index contributed by atoms with van der Waals surface area (Å²) in [7, 11) is 0. The molecule has 0 aliphatic rings. The van der Waals surface area contributed by atoms with Gasteiger partial charge >= 0.3 is 0 Å². The first-order valence-corrected chi connectivity index (χ1v) is 6.09. The van der Waals surface area contributed by atoms with Gasteiger partial charge in [-0.05, 0) is 35.9 Å². The lowest BCUT2D eigenvalue weighted by Crippen LogP contribution is -2.06. The highest BCUT2D eigenvalue weighted by Crippen LogP contribution is 2.14. The minimum absolute atomic E-state index is 0.206. The summed E-state index contributed by atoms with van der Waals surface area (Å²) in [6, 6.07) is 13.7. The van der Waals surface area contributed by atoms with Gasteiger partial charge in [0.15, 0.2) is 0 Å². The molecule has 1 aromatic heterocycles. The van der Waals surface area contributed by atoms with Gasteiger partial charge < -0.3 is 9.52 Å². The van der Waals surface area contributed by atoms with Gasteiger partial charge in [-0.3, -0.25) is 4.79 Å². The molecule has 0 fully saturated rings. The zero-order chi connectivity index (χ0) is 13.9. The molecule has 0 aliphatic heterocycles. The average molecular weight is 265 g/mol. The van der Waals surface area contributed by atoms with Crippen molar-refractivity contribution in [1.29, 1.82) is 0 Å². The maximum atomic E-state index is 11.8. The van der Waals surface area contributed by atoms with Crippen molar-refractivity contribution in [2.75, 3.05) is 0 Å². The fourth-order valence-corrected chi connectivity index (χ4v) is 1.85. The predicted octanol–water partition coefficient (Wildman–Crippen LogP) is 3.06. The second-order valence-electron chi connectivity index (χ2n) is 4.28. The van der Waals surface area contributed by atoms with Gasteiger partial charge in [0.05, 0.1) is 5.39 Å². The molecular formula is C16H11NO3. The van der Waals surface area contributed by atoms with Crippen LogP contribution in [0.25, 0.3) is 23.1 Å². The highest BCUT2D eigenvalue weighted by Gasteiger charge is 2.02. The molecule has 1 heterocycles. The molecule has 0 spiro atoms. The van der Waals surface area contributed by atoms with Gasteiger partial charge in [-0.1, -0.05) is 24.3 Å². The maximum absolute atomic E-state index is 11.8. The number of aromatic hydroxyl groups is 1. The van der Waals surface area contributed by atoms with Gasteiger partial charge in [0.25, 0.3) is 5.56 Å². The molecule has 0 aliphatic carbocycles. The summed E-state index contributed by atoms with van der Waals surface area (Å²) < 4.78 is 5.54. The first-order valence-electron chi connectivity index (χ1n) is 6.09. The van der Waals surface area contributed by atoms with Crippen LogP contribution in [0.2, 0.25) is 0 Å². The Morgan fingerprint density at radius 1 is 1.00 bits per heavy atom. The predicted molar refractivity (Wildman–Crippen MR) is 77.3 cm³/mol. The summed E-state index contributed by atoms with van der Waals surface area (Å²) in [6.07, 6.45) is 3.39. The fraction of sp³-hybridized carbons (Fsp3) is 0. The second-order valence-corrected chi connectivity index (χ2v) is 4.28. The number of aromatic nitrogens is 1. The summed E-state index contributed by atoms with van der Waals surface area (Å²) in [5.41, 5.74) is 1.08. The van der Waals surface area contributed by atoms with Crippen molar-refractivity contribution in [1.82, 2.24) is 4.98 Å². The van der Waals surface area contributed by atoms with Gasteiger partial charge in [0.2, 0.25) is 5.89 Å². The monoisotopic (exact) mass is 265 g/mol. The number of phenols is 1. The molecule has 98 valence electrons. The third kappa shape index (κ3) is 2.44. The van der Waals surface area contributed by atoms with Crippen molar-refractivity contribution in [2.45, 2.75) is 0 Å². The van der Waals surface area contributed by atoms with E-state index in [4.69, 9.17) is 4.42 Å². The van der Waals surface area contributed by atoms with Crippen LogP contribution >= 0.6 is 0 Å². The Balaban J connectivity index is 1.98. The maximum Gasteiger partial charge on any atom is 0.284 e. The van der Waals surface area contributed by atoms with Crippen LogP contribution in [-0.2, 0) is 0 Å². The van der Waals surface area contributed by atoms with Crippen molar-refractivity contribution in [2.24, 2.45) is 0 Å². The fourth-order valence-electron chi connectivity index (χ4n) is 1.85. The Kier molecular flexibility index (Phi) is 3.05. The van der Waals surface area contributed by atoms with Crippen LogP contribution in [0.1, 0.15) is 11.5 Å². The third-order valence-corrected chi connectivity index (χ3v) is 2.86. The van der Waals surface area contributed by atoms with E-state index in [1.54, 1.807) is 60.7 Å². The normalized spacial score (nSPS) is 11.2. The molecule has 3 rings (SSSR count). The van der Waals surface area contributed by atoms with Gasteiger partial charge in [-0.2, -0.15) is 4.98 Å². The van der Waals surface area contributed by atoms with Crippen molar-refractivity contribution in [3.63, 3.8) is 0 Å². The molecule has 0 radical (unpaired) electrons. The molecule has 0 atom stereocenters. The van der Waals surface area contributed by atoms with Crippen LogP contribution in [0.5, 0.6) is 5.75 Å². The average Bonchev–Trinajstić information content (AvgIpc) is 2.47. The minimum Gasteiger partial charge on any atom is -0.508 e. The molecule has 0 amide bonds. The van der Waals surface area contributed by atoms with Crippen LogP contribution in [0.15, 0.2) is 57.7 Å². The number of nitrogens with zero attached hydrogens (tertiary/aromatic N) is 1. The van der Waals surface area contributed by atoms with Gasteiger partial charge in [0.1, 0.15) is 11.3 Å². The van der Waals surface area contributed by atoms with Gasteiger partial charge in [0, 0.05) is 6.08 Å². The number of para-hydroxylation sites is 1. The zero-order valence-corrected chi connectivity index (χ0v) is 10.5. The summed E-state index contributed by atoms with van der Waals surface area (Å²) >= 11 is 0. The Morgan fingerprint density at radius 3 is 2.55 bits per heavy atom. The molecule has 20 heavy (non-hydrogen) atoms. The van der Waals surface area contributed by atoms with E-state index in [-0.39, 0.29) is 17.2 Å². The molecule has 4 heteroatoms. The Bertz CT molecular complexity index is 832. The van der Waals surface area contributed by atoms with E-state index < -0.39 is 0 Å². The molecular weight excluding hydrogens is 254 g/mol. The van der Waals surface area contributed by atoms with E-state index in [2.05, 4.69) is 4.98 Å². The lowest BCUT2D eigenvalue weighted by molar-refractivity contribution is 0.475. The summed E-state index contributed by atoms with van der Waals surface area (Å²) in [6.45, 7) is 0. The van der Waals surface area contributed by atoms with Crippen LogP contribution in [0, 0.1) is 0 Å². The highest BCUT2D eigenvalue weighted by molar-refractivity contribution is 5.76. The first kappa shape index (κ1) is 12.2. The number of benzene rings is 2. The lowest BCUT2D eigenvalue weighted by atomic mass is 10.2. The zero-order valence-electron chi connectivity index (χ0n) is 10.5. The molecule has 3 aromatic rings. The van der Waals surface area contributed by atoms with E-state index >= 15 is 0 Å². The number of phenolic OH excluding ortho intramolecular Hbond substituents is 1. The van der Waals surface area contributed by atoms with Gasteiger partial charge in [-0.15, -0.1) is 0 Å². The number of hydrogen-bond acceptors (Lipinski definition) is 4. The smallest absolute Gasteiger partial charge is 0.284 e. The van der Waals surface area contributed by atoms with Crippen molar-refractivity contribution in [3.8, 4) is 5.75 Å². The van der Waals surface area contributed by atoms with Crippen molar-refractivity contribution < 1.29 is 9.52 Å².